The largest absolute Gasteiger partial charge is 0.493 e. The van der Waals surface area contributed by atoms with E-state index in [-0.39, 0.29) is 6.01 Å². The van der Waals surface area contributed by atoms with E-state index in [0.717, 1.165) is 5.56 Å². The van der Waals surface area contributed by atoms with E-state index in [4.69, 9.17) is 18.6 Å². The van der Waals surface area contributed by atoms with Crippen molar-refractivity contribution in [2.75, 3.05) is 26.6 Å². The van der Waals surface area contributed by atoms with Gasteiger partial charge in [0, 0.05) is 16.2 Å². The quantitative estimate of drug-likeness (QED) is 0.333. The molecule has 0 aliphatic rings. The highest BCUT2D eigenvalue weighted by Crippen LogP contribution is 2.38. The number of nitrogens with one attached hydrogen (secondary N) is 1. The predicted octanol–water partition coefficient (Wildman–Crippen LogP) is 4.84. The third kappa shape index (κ3) is 6.76. The fourth-order valence-corrected chi connectivity index (χ4v) is 3.86. The molecule has 9 heteroatoms. The molecule has 3 rings (SSSR count). The molecule has 0 aliphatic heterocycles. The van der Waals surface area contributed by atoms with Gasteiger partial charge in [0.05, 0.1) is 27.8 Å². The van der Waals surface area contributed by atoms with Gasteiger partial charge in [0.25, 0.3) is 5.91 Å². The SMILES string of the molecule is COc1cc(/C=C/C(=O)Nc2nnc(Cc3ccc(SC(C)C)cc3)o2)cc(OC)c1OC. The normalized spacial score (nSPS) is 11.1. The van der Waals surface area contributed by atoms with E-state index in [1.807, 2.05) is 23.9 Å². The van der Waals surface area contributed by atoms with Gasteiger partial charge in [0.1, 0.15) is 0 Å². The lowest BCUT2D eigenvalue weighted by Gasteiger charge is -2.12. The van der Waals surface area contributed by atoms with Crippen LogP contribution in [0.4, 0.5) is 6.01 Å². The van der Waals surface area contributed by atoms with E-state index < -0.39 is 5.91 Å². The summed E-state index contributed by atoms with van der Waals surface area (Å²) in [5, 5.41) is 11.0. The van der Waals surface area contributed by atoms with Crippen molar-refractivity contribution in [1.82, 2.24) is 10.2 Å². The number of benzene rings is 2. The molecule has 1 heterocycles. The van der Waals surface area contributed by atoms with E-state index >= 15 is 0 Å². The maximum Gasteiger partial charge on any atom is 0.322 e. The van der Waals surface area contributed by atoms with Crippen LogP contribution in [-0.2, 0) is 11.2 Å². The fourth-order valence-electron chi connectivity index (χ4n) is 3.02. The van der Waals surface area contributed by atoms with Gasteiger partial charge >= 0.3 is 6.01 Å². The van der Waals surface area contributed by atoms with Gasteiger partial charge in [-0.2, -0.15) is 0 Å². The number of ether oxygens (including phenoxy) is 3. The van der Waals surface area contributed by atoms with E-state index in [2.05, 4.69) is 41.5 Å². The summed E-state index contributed by atoms with van der Waals surface area (Å²) in [6, 6.07) is 11.7. The van der Waals surface area contributed by atoms with E-state index in [0.29, 0.717) is 40.4 Å². The highest BCUT2D eigenvalue weighted by atomic mass is 32.2. The average molecular weight is 470 g/mol. The molecule has 0 spiro atoms. The molecule has 0 saturated carbocycles. The molecule has 0 atom stereocenters. The minimum Gasteiger partial charge on any atom is -0.493 e. The third-order valence-corrected chi connectivity index (χ3v) is 5.48. The van der Waals surface area contributed by atoms with Gasteiger partial charge in [-0.05, 0) is 41.5 Å². The van der Waals surface area contributed by atoms with Gasteiger partial charge in [-0.15, -0.1) is 16.9 Å². The summed E-state index contributed by atoms with van der Waals surface area (Å²) in [4.78, 5) is 13.5. The topological polar surface area (TPSA) is 95.7 Å². The number of thioether (sulfide) groups is 1. The van der Waals surface area contributed by atoms with Crippen molar-refractivity contribution in [3.63, 3.8) is 0 Å². The summed E-state index contributed by atoms with van der Waals surface area (Å²) in [5.74, 6) is 1.48. The maximum absolute atomic E-state index is 12.3. The van der Waals surface area contributed by atoms with Crippen molar-refractivity contribution < 1.29 is 23.4 Å². The van der Waals surface area contributed by atoms with Crippen LogP contribution in [0.15, 0.2) is 51.8 Å². The van der Waals surface area contributed by atoms with Crippen molar-refractivity contribution in [1.29, 1.82) is 0 Å². The van der Waals surface area contributed by atoms with Crippen LogP contribution >= 0.6 is 11.8 Å². The van der Waals surface area contributed by atoms with Crippen LogP contribution in [0.3, 0.4) is 0 Å². The summed E-state index contributed by atoms with van der Waals surface area (Å²) in [6.07, 6.45) is 3.46. The van der Waals surface area contributed by atoms with Gasteiger partial charge < -0.3 is 18.6 Å². The molecule has 0 bridgehead atoms. The summed E-state index contributed by atoms with van der Waals surface area (Å²) in [6.45, 7) is 4.32. The molecule has 1 amide bonds. The molecule has 1 aromatic heterocycles. The number of anilines is 1. The number of hydrogen-bond acceptors (Lipinski definition) is 8. The maximum atomic E-state index is 12.3. The smallest absolute Gasteiger partial charge is 0.322 e. The van der Waals surface area contributed by atoms with Gasteiger partial charge in [0.2, 0.25) is 11.6 Å². The molecule has 33 heavy (non-hydrogen) atoms. The standard InChI is InChI=1S/C24H27N3O5S/c1-15(2)33-18-9-6-16(7-10-18)14-22-26-27-24(32-22)25-21(28)11-8-17-12-19(29-3)23(31-5)20(13-17)30-4/h6-13,15H,14H2,1-5H3,(H,25,27,28)/b11-8+. The summed E-state index contributed by atoms with van der Waals surface area (Å²) < 4.78 is 21.5. The van der Waals surface area contributed by atoms with Gasteiger partial charge in [-0.25, -0.2) is 0 Å². The minimum absolute atomic E-state index is 0.0384. The first-order chi connectivity index (χ1) is 15.9. The lowest BCUT2D eigenvalue weighted by molar-refractivity contribution is -0.112. The molecule has 0 unspecified atom stereocenters. The van der Waals surface area contributed by atoms with Crippen LogP contribution in [0.1, 0.15) is 30.9 Å². The van der Waals surface area contributed by atoms with Gasteiger partial charge in [-0.3, -0.25) is 10.1 Å². The zero-order valence-corrected chi connectivity index (χ0v) is 20.1. The van der Waals surface area contributed by atoms with E-state index in [1.165, 1.54) is 32.3 Å². The molecule has 2 aromatic carbocycles. The first kappa shape index (κ1) is 24.2. The molecule has 0 aliphatic carbocycles. The van der Waals surface area contributed by atoms with Crippen molar-refractivity contribution in [3.8, 4) is 17.2 Å². The van der Waals surface area contributed by atoms with Crippen LogP contribution in [0.25, 0.3) is 6.08 Å². The Labute approximate surface area is 197 Å². The monoisotopic (exact) mass is 469 g/mol. The van der Waals surface area contributed by atoms with Crippen molar-refractivity contribution in [2.45, 2.75) is 30.4 Å². The van der Waals surface area contributed by atoms with Crippen molar-refractivity contribution in [2.24, 2.45) is 0 Å². The molecule has 1 N–H and O–H groups in total. The second-order valence-electron chi connectivity index (χ2n) is 7.27. The average Bonchev–Trinajstić information content (AvgIpc) is 3.24. The molecule has 3 aromatic rings. The van der Waals surface area contributed by atoms with Crippen LogP contribution in [0.5, 0.6) is 17.2 Å². The lowest BCUT2D eigenvalue weighted by Crippen LogP contribution is -2.07. The van der Waals surface area contributed by atoms with E-state index in [1.54, 1.807) is 18.2 Å². The number of carbonyl (C=O) groups excluding carboxylic acids is 1. The Morgan fingerprint density at radius 1 is 1.06 bits per heavy atom. The molecule has 0 radical (unpaired) electrons. The molecule has 0 saturated heterocycles. The summed E-state index contributed by atoms with van der Waals surface area (Å²) in [7, 11) is 4.59. The van der Waals surface area contributed by atoms with Crippen LogP contribution in [-0.4, -0.2) is 42.7 Å². The third-order valence-electron chi connectivity index (χ3n) is 4.46. The Balaban J connectivity index is 1.61. The Morgan fingerprint density at radius 3 is 2.30 bits per heavy atom. The molecule has 8 nitrogen and oxygen atoms in total. The number of hydrogen-bond donors (Lipinski definition) is 1. The van der Waals surface area contributed by atoms with Gasteiger partial charge in [-0.1, -0.05) is 31.1 Å². The molecular weight excluding hydrogens is 442 g/mol. The first-order valence-electron chi connectivity index (χ1n) is 10.3. The highest BCUT2D eigenvalue weighted by Gasteiger charge is 2.13. The number of methoxy groups -OCH3 is 3. The zero-order chi connectivity index (χ0) is 23.8. The number of carbonyl (C=O) groups is 1. The van der Waals surface area contributed by atoms with E-state index in [9.17, 15) is 4.79 Å². The minimum atomic E-state index is -0.408. The summed E-state index contributed by atoms with van der Waals surface area (Å²) >= 11 is 1.81. The second-order valence-corrected chi connectivity index (χ2v) is 8.92. The van der Waals surface area contributed by atoms with Crippen molar-refractivity contribution >= 4 is 29.8 Å². The van der Waals surface area contributed by atoms with Crippen LogP contribution < -0.4 is 19.5 Å². The first-order valence-corrected chi connectivity index (χ1v) is 11.2. The highest BCUT2D eigenvalue weighted by molar-refractivity contribution is 7.99. The Hall–Kier alpha value is -3.46. The molecule has 174 valence electrons. The summed E-state index contributed by atoms with van der Waals surface area (Å²) in [5.41, 5.74) is 1.75. The van der Waals surface area contributed by atoms with Crippen LogP contribution in [0, 0.1) is 0 Å². The van der Waals surface area contributed by atoms with Gasteiger partial charge in [0.15, 0.2) is 11.5 Å². The molecule has 0 fully saturated rings. The predicted molar refractivity (Wildman–Crippen MR) is 128 cm³/mol. The number of amides is 1. The molecular formula is C24H27N3O5S. The Bertz CT molecular complexity index is 1080. The number of nitrogens with zero attached hydrogens (tertiary/aromatic N) is 2. The fraction of sp³-hybridized carbons (Fsp3) is 0.292. The van der Waals surface area contributed by atoms with Crippen LogP contribution in [0.2, 0.25) is 0 Å². The Kier molecular flexibility index (Phi) is 8.37. The second kappa shape index (κ2) is 11.4. The lowest BCUT2D eigenvalue weighted by atomic mass is 10.1. The zero-order valence-electron chi connectivity index (χ0n) is 19.2. The Morgan fingerprint density at radius 2 is 1.73 bits per heavy atom. The van der Waals surface area contributed by atoms with Crippen molar-refractivity contribution in [3.05, 3.63) is 59.5 Å². The number of aromatic nitrogens is 2. The number of rotatable bonds is 10.